The van der Waals surface area contributed by atoms with Crippen LogP contribution in [0.5, 0.6) is 5.75 Å². The van der Waals surface area contributed by atoms with Gasteiger partial charge >= 0.3 is 11.9 Å². The summed E-state index contributed by atoms with van der Waals surface area (Å²) in [5.41, 5.74) is 0.647. The van der Waals surface area contributed by atoms with E-state index in [0.29, 0.717) is 11.3 Å². The Hall–Kier alpha value is -3.02. The van der Waals surface area contributed by atoms with Gasteiger partial charge in [-0.2, -0.15) is 10.2 Å². The fourth-order valence-corrected chi connectivity index (χ4v) is 3.85. The molecule has 0 aliphatic rings. The van der Waals surface area contributed by atoms with Gasteiger partial charge in [0.1, 0.15) is 18.5 Å². The molecule has 1 amide bonds. The number of sulfonamides is 1. The van der Waals surface area contributed by atoms with E-state index in [1.165, 1.54) is 31.4 Å². The number of ether oxygens (including phenoxy) is 1. The Morgan fingerprint density at radius 1 is 1.32 bits per heavy atom. The molecule has 3 rings (SSSR count). The summed E-state index contributed by atoms with van der Waals surface area (Å²) >= 11 is 6.23. The Bertz CT molecular complexity index is 1280. The van der Waals surface area contributed by atoms with E-state index in [0.717, 1.165) is 13.1 Å². The van der Waals surface area contributed by atoms with Gasteiger partial charge in [0.05, 0.1) is 17.0 Å². The lowest BCUT2D eigenvalue weighted by Gasteiger charge is -2.14. The summed E-state index contributed by atoms with van der Waals surface area (Å²) in [7, 11) is -1.54. The van der Waals surface area contributed by atoms with Crippen molar-refractivity contribution in [3.8, 4) is 28.3 Å². The maximum atomic E-state index is 12.1. The molecule has 1 aromatic heterocycles. The zero-order chi connectivity index (χ0) is 23.0. The molecular formula is C20H19ClN3O6S+. The minimum absolute atomic E-state index is 0.0314. The Labute approximate surface area is 183 Å². The van der Waals surface area contributed by atoms with Crippen molar-refractivity contribution in [3.05, 3.63) is 60.1 Å². The van der Waals surface area contributed by atoms with Crippen LogP contribution < -0.4 is 14.5 Å². The Morgan fingerprint density at radius 2 is 2.00 bits per heavy atom. The number of quaternary nitrogens is 1. The van der Waals surface area contributed by atoms with Crippen molar-refractivity contribution in [2.75, 3.05) is 14.2 Å². The van der Waals surface area contributed by atoms with Crippen LogP contribution >= 0.6 is 11.6 Å². The Balaban J connectivity index is 2.35. The first-order chi connectivity index (χ1) is 14.5. The molecule has 1 heterocycles. The Kier molecular flexibility index (Phi) is 6.03. The molecule has 0 bridgehead atoms. The monoisotopic (exact) mass is 464 g/mol. The summed E-state index contributed by atoms with van der Waals surface area (Å²) in [6.45, 7) is 3.35. The zero-order valence-corrected chi connectivity index (χ0v) is 18.1. The maximum Gasteiger partial charge on any atom is 0.446 e. The number of nitrogens with zero attached hydrogens (tertiary/aromatic N) is 2. The van der Waals surface area contributed by atoms with Crippen molar-refractivity contribution in [3.63, 3.8) is 0 Å². The van der Waals surface area contributed by atoms with Gasteiger partial charge in [-0.1, -0.05) is 30.3 Å². The van der Waals surface area contributed by atoms with Crippen LogP contribution in [-0.2, 0) is 14.8 Å². The number of rotatable bonds is 6. The number of hydroxylamine groups is 2. The van der Waals surface area contributed by atoms with Crippen molar-refractivity contribution in [1.82, 2.24) is 9.63 Å². The fraction of sp³-hybridized carbons (Fsp3) is 0.100. The van der Waals surface area contributed by atoms with E-state index in [2.05, 4.69) is 11.6 Å². The normalized spacial score (nSPS) is 13.5. The molecule has 11 heteroatoms. The van der Waals surface area contributed by atoms with E-state index in [1.54, 1.807) is 18.2 Å². The highest BCUT2D eigenvalue weighted by Crippen LogP contribution is 2.40. The summed E-state index contributed by atoms with van der Waals surface area (Å²) in [6, 6.07) is 10.2. The molecule has 0 spiro atoms. The van der Waals surface area contributed by atoms with Crippen LogP contribution in [0.25, 0.3) is 22.6 Å². The molecule has 1 unspecified atom stereocenters. The highest BCUT2D eigenvalue weighted by atomic mass is 35.5. The van der Waals surface area contributed by atoms with Crippen LogP contribution in [0.2, 0.25) is 5.02 Å². The molecule has 0 aliphatic heterocycles. The van der Waals surface area contributed by atoms with Crippen molar-refractivity contribution in [2.24, 2.45) is 5.14 Å². The molecular weight excluding hydrogens is 446 g/mol. The number of halogens is 1. The molecule has 162 valence electrons. The smallest absolute Gasteiger partial charge is 0.446 e. The maximum absolute atomic E-state index is 12.1. The van der Waals surface area contributed by atoms with Gasteiger partial charge in [-0.05, 0) is 35.0 Å². The van der Waals surface area contributed by atoms with Crippen molar-refractivity contribution >= 4 is 33.5 Å². The summed E-state index contributed by atoms with van der Waals surface area (Å²) < 4.78 is 33.8. The average Bonchev–Trinajstić information content (AvgIpc) is 3.18. The number of amides is 1. The predicted molar refractivity (Wildman–Crippen MR) is 115 cm³/mol. The molecule has 0 aliphatic carbocycles. The van der Waals surface area contributed by atoms with Crippen LogP contribution in [0.4, 0.5) is 6.01 Å². The van der Waals surface area contributed by atoms with Crippen molar-refractivity contribution in [1.29, 1.82) is 0 Å². The predicted octanol–water partition coefficient (Wildman–Crippen LogP) is 3.36. The van der Waals surface area contributed by atoms with Gasteiger partial charge in [0.2, 0.25) is 10.0 Å². The lowest BCUT2D eigenvalue weighted by atomic mass is 10.1. The second-order valence-electron chi connectivity index (χ2n) is 6.57. The number of carbonyl (C=O) groups excluding carboxylic acids is 1. The number of nitrogens with two attached hydrogens (primary N) is 1. The van der Waals surface area contributed by atoms with Gasteiger partial charge in [0, 0.05) is 17.2 Å². The standard InChI is InChI=1S/C20H19ClN3O6S/c1-4-17(25)24(2,26)20-23-18(12-9-10-15(29-3)14(21)11-12)19(30-20)13-7-5-6-8-16(13)31(22,27)28/h4-11,26H,1H2,2-3H3,(H2,22,27,28)/q+1. The first kappa shape index (κ1) is 22.7. The molecule has 31 heavy (non-hydrogen) atoms. The van der Waals surface area contributed by atoms with Gasteiger partial charge < -0.3 is 9.15 Å². The number of likely N-dealkylation sites (N-methyl/N-ethyl adjacent to an activating group) is 1. The molecule has 3 aromatic rings. The van der Waals surface area contributed by atoms with Crippen LogP contribution in [0, 0.1) is 0 Å². The summed E-state index contributed by atoms with van der Waals surface area (Å²) in [5, 5.41) is 16.2. The quantitative estimate of drug-likeness (QED) is 0.247. The summed E-state index contributed by atoms with van der Waals surface area (Å²) in [5.74, 6) is -0.437. The second kappa shape index (κ2) is 8.25. The van der Waals surface area contributed by atoms with Crippen LogP contribution in [0.3, 0.4) is 0 Å². The first-order valence-corrected chi connectivity index (χ1v) is 10.7. The lowest BCUT2D eigenvalue weighted by Crippen LogP contribution is -2.46. The number of benzene rings is 2. The van der Waals surface area contributed by atoms with Crippen LogP contribution in [0.15, 0.2) is 64.4 Å². The number of hydrogen-bond donors (Lipinski definition) is 2. The first-order valence-electron chi connectivity index (χ1n) is 8.74. The van der Waals surface area contributed by atoms with E-state index < -0.39 is 26.6 Å². The zero-order valence-electron chi connectivity index (χ0n) is 16.6. The van der Waals surface area contributed by atoms with Gasteiger partial charge in [-0.3, -0.25) is 0 Å². The van der Waals surface area contributed by atoms with E-state index in [1.807, 2.05) is 0 Å². The number of carbonyl (C=O) groups is 1. The molecule has 0 saturated carbocycles. The Morgan fingerprint density at radius 3 is 2.58 bits per heavy atom. The minimum atomic E-state index is -4.13. The van der Waals surface area contributed by atoms with Gasteiger partial charge in [0.25, 0.3) is 0 Å². The van der Waals surface area contributed by atoms with Gasteiger partial charge in [0.15, 0.2) is 5.76 Å². The number of hydrogen-bond acceptors (Lipinski definition) is 7. The van der Waals surface area contributed by atoms with E-state index in [-0.39, 0.29) is 26.9 Å². The molecule has 0 saturated heterocycles. The fourth-order valence-electron chi connectivity index (χ4n) is 2.86. The number of primary sulfonamides is 1. The van der Waals surface area contributed by atoms with Crippen molar-refractivity contribution < 1.29 is 27.6 Å². The highest BCUT2D eigenvalue weighted by molar-refractivity contribution is 7.89. The highest BCUT2D eigenvalue weighted by Gasteiger charge is 2.39. The second-order valence-corrected chi connectivity index (χ2v) is 8.50. The summed E-state index contributed by atoms with van der Waals surface area (Å²) in [6.07, 6.45) is 0.909. The van der Waals surface area contributed by atoms with Crippen molar-refractivity contribution in [2.45, 2.75) is 4.90 Å². The molecule has 0 radical (unpaired) electrons. The number of methoxy groups -OCH3 is 1. The number of aromatic nitrogens is 1. The van der Waals surface area contributed by atoms with Gasteiger partial charge in [-0.25, -0.2) is 18.4 Å². The van der Waals surface area contributed by atoms with Gasteiger partial charge in [-0.15, -0.1) is 0 Å². The molecule has 2 aromatic carbocycles. The van der Waals surface area contributed by atoms with E-state index in [9.17, 15) is 18.4 Å². The third kappa shape index (κ3) is 4.24. The lowest BCUT2D eigenvalue weighted by molar-refractivity contribution is -0.153. The third-order valence-corrected chi connectivity index (χ3v) is 5.72. The van der Waals surface area contributed by atoms with E-state index >= 15 is 0 Å². The topological polar surface area (TPSA) is 133 Å². The van der Waals surface area contributed by atoms with Crippen LogP contribution in [-0.4, -0.2) is 38.7 Å². The molecule has 0 fully saturated rings. The SMILES string of the molecule is C=CC(=O)[N+](C)(O)c1nc(-c2ccc(OC)c(Cl)c2)c(-c2ccccc2S(N)(=O)=O)o1. The molecule has 9 nitrogen and oxygen atoms in total. The molecule has 1 atom stereocenters. The third-order valence-electron chi connectivity index (χ3n) is 4.46. The number of oxazole rings is 1. The largest absolute Gasteiger partial charge is 0.495 e. The van der Waals surface area contributed by atoms with Crippen LogP contribution in [0.1, 0.15) is 0 Å². The summed E-state index contributed by atoms with van der Waals surface area (Å²) in [4.78, 5) is 16.2. The minimum Gasteiger partial charge on any atom is -0.495 e. The average molecular weight is 465 g/mol. The molecule has 3 N–H and O–H groups in total. The van der Waals surface area contributed by atoms with E-state index in [4.69, 9.17) is 25.9 Å².